The predicted octanol–water partition coefficient (Wildman–Crippen LogP) is 2.42. The molecule has 4 saturated carbocycles. The summed E-state index contributed by atoms with van der Waals surface area (Å²) in [6.07, 6.45) is 6.68. The van der Waals surface area contributed by atoms with Crippen LogP contribution in [0.3, 0.4) is 0 Å². The van der Waals surface area contributed by atoms with E-state index in [4.69, 9.17) is 5.26 Å². The topological polar surface area (TPSA) is 58.7 Å². The van der Waals surface area contributed by atoms with Crippen LogP contribution in [-0.4, -0.2) is 9.78 Å². The minimum absolute atomic E-state index is 0.0457. The molecule has 1 aromatic rings. The van der Waals surface area contributed by atoms with Gasteiger partial charge in [-0.1, -0.05) is 0 Å². The molecule has 1 heterocycles. The first-order chi connectivity index (χ1) is 9.65. The van der Waals surface area contributed by atoms with Crippen LogP contribution in [-0.2, 0) is 0 Å². The molecule has 20 heavy (non-hydrogen) atoms. The lowest BCUT2D eigenvalue weighted by Crippen LogP contribution is -2.47. The lowest BCUT2D eigenvalue weighted by molar-refractivity contribution is -0.0351. The van der Waals surface area contributed by atoms with Crippen LogP contribution < -0.4 is 5.43 Å². The van der Waals surface area contributed by atoms with Gasteiger partial charge < -0.3 is 0 Å². The van der Waals surface area contributed by atoms with Crippen LogP contribution in [0.5, 0.6) is 0 Å². The molecular weight excluding hydrogens is 250 g/mol. The molecule has 0 spiro atoms. The summed E-state index contributed by atoms with van der Waals surface area (Å²) in [7, 11) is 0. The molecule has 0 aromatic carbocycles. The van der Waals surface area contributed by atoms with E-state index in [1.54, 1.807) is 6.07 Å². The summed E-state index contributed by atoms with van der Waals surface area (Å²) in [6.45, 7) is 1.95. The fourth-order valence-electron chi connectivity index (χ4n) is 5.24. The highest BCUT2D eigenvalue weighted by Crippen LogP contribution is 2.58. The second-order valence-corrected chi connectivity index (χ2v) is 6.98. The average molecular weight is 269 g/mol. The van der Waals surface area contributed by atoms with Gasteiger partial charge in [0.25, 0.3) is 0 Å². The number of nitrogens with zero attached hydrogens (tertiary/aromatic N) is 3. The second kappa shape index (κ2) is 4.18. The molecule has 4 aliphatic carbocycles. The maximum Gasteiger partial charge on any atom is 0.218 e. The molecule has 0 N–H and O–H groups in total. The molecule has 104 valence electrons. The summed E-state index contributed by atoms with van der Waals surface area (Å²) in [5, 5.41) is 13.4. The maximum atomic E-state index is 11.7. The zero-order valence-electron chi connectivity index (χ0n) is 11.7. The van der Waals surface area contributed by atoms with Gasteiger partial charge in [-0.3, -0.25) is 9.48 Å². The zero-order chi connectivity index (χ0) is 13.9. The third kappa shape index (κ3) is 1.65. The van der Waals surface area contributed by atoms with Crippen molar-refractivity contribution < 1.29 is 0 Å². The van der Waals surface area contributed by atoms with Gasteiger partial charge in [0.15, 0.2) is 0 Å². The van der Waals surface area contributed by atoms with E-state index in [1.807, 2.05) is 17.7 Å². The second-order valence-electron chi connectivity index (χ2n) is 6.98. The summed E-state index contributed by atoms with van der Waals surface area (Å²) in [6, 6.07) is 3.93. The van der Waals surface area contributed by atoms with Crippen LogP contribution >= 0.6 is 0 Å². The molecule has 0 saturated heterocycles. The van der Waals surface area contributed by atoms with E-state index in [2.05, 4.69) is 5.10 Å². The van der Waals surface area contributed by atoms with Crippen LogP contribution in [0, 0.1) is 41.9 Å². The van der Waals surface area contributed by atoms with E-state index in [1.165, 1.54) is 32.1 Å². The van der Waals surface area contributed by atoms with Crippen molar-refractivity contribution in [3.63, 3.8) is 0 Å². The van der Waals surface area contributed by atoms with Crippen LogP contribution in [0.1, 0.15) is 49.5 Å². The van der Waals surface area contributed by atoms with Gasteiger partial charge in [0.2, 0.25) is 11.1 Å². The number of aromatic nitrogens is 2. The largest absolute Gasteiger partial charge is 0.287 e. The van der Waals surface area contributed by atoms with Crippen molar-refractivity contribution in [2.45, 2.75) is 45.1 Å². The van der Waals surface area contributed by atoms with Crippen molar-refractivity contribution in [3.8, 4) is 6.07 Å². The Kier molecular flexibility index (Phi) is 2.54. The van der Waals surface area contributed by atoms with Gasteiger partial charge in [0.1, 0.15) is 6.07 Å². The fraction of sp³-hybridized carbons (Fsp3) is 0.688. The molecule has 0 aliphatic heterocycles. The minimum Gasteiger partial charge on any atom is -0.287 e. The quantitative estimate of drug-likeness (QED) is 0.786. The highest BCUT2D eigenvalue weighted by molar-refractivity contribution is 5.20. The molecule has 4 fully saturated rings. The van der Waals surface area contributed by atoms with Gasteiger partial charge in [-0.15, -0.1) is 0 Å². The first-order valence-corrected chi connectivity index (χ1v) is 7.66. The molecule has 0 amide bonds. The maximum absolute atomic E-state index is 11.7. The number of hydrogen-bond acceptors (Lipinski definition) is 3. The van der Waals surface area contributed by atoms with Crippen molar-refractivity contribution in [1.29, 1.82) is 5.26 Å². The number of aryl methyl sites for hydroxylation is 1. The zero-order valence-corrected chi connectivity index (χ0v) is 11.7. The molecule has 4 bridgehead atoms. The Morgan fingerprint density at radius 2 is 1.80 bits per heavy atom. The van der Waals surface area contributed by atoms with Gasteiger partial charge >= 0.3 is 0 Å². The van der Waals surface area contributed by atoms with Gasteiger partial charge in [-0.05, 0) is 62.7 Å². The fourth-order valence-corrected chi connectivity index (χ4v) is 5.24. The summed E-state index contributed by atoms with van der Waals surface area (Å²) >= 11 is 0. The lowest BCUT2D eigenvalue weighted by Gasteiger charge is -2.54. The Morgan fingerprint density at radius 1 is 1.20 bits per heavy atom. The molecule has 0 unspecified atom stereocenters. The third-order valence-electron chi connectivity index (χ3n) is 5.71. The summed E-state index contributed by atoms with van der Waals surface area (Å²) < 4.78 is 2.01. The van der Waals surface area contributed by atoms with Crippen molar-refractivity contribution in [2.24, 2.45) is 23.7 Å². The highest BCUT2D eigenvalue weighted by atomic mass is 16.1. The SMILES string of the molecule is Cc1cc(=O)c(C#N)nn1C1C2CC3CC(C2)CC1C3. The van der Waals surface area contributed by atoms with Gasteiger partial charge in [0, 0.05) is 11.8 Å². The molecule has 0 atom stereocenters. The Balaban J connectivity index is 1.78. The summed E-state index contributed by atoms with van der Waals surface area (Å²) in [5.74, 6) is 3.24. The molecule has 1 aromatic heterocycles. The summed E-state index contributed by atoms with van der Waals surface area (Å²) in [4.78, 5) is 11.7. The highest BCUT2D eigenvalue weighted by Gasteiger charge is 2.49. The van der Waals surface area contributed by atoms with Crippen LogP contribution in [0.25, 0.3) is 0 Å². The van der Waals surface area contributed by atoms with Crippen LogP contribution in [0.2, 0.25) is 0 Å². The van der Waals surface area contributed by atoms with E-state index >= 15 is 0 Å². The van der Waals surface area contributed by atoms with E-state index in [-0.39, 0.29) is 11.1 Å². The van der Waals surface area contributed by atoms with Crippen molar-refractivity contribution in [2.75, 3.05) is 0 Å². The lowest BCUT2D eigenvalue weighted by atomic mass is 9.54. The molecule has 4 aliphatic rings. The van der Waals surface area contributed by atoms with Crippen LogP contribution in [0.15, 0.2) is 10.9 Å². The molecule has 5 rings (SSSR count). The minimum atomic E-state index is -0.245. The predicted molar refractivity (Wildman–Crippen MR) is 74.0 cm³/mol. The number of rotatable bonds is 1. The normalized spacial score (nSPS) is 37.9. The Bertz CT molecular complexity index is 627. The van der Waals surface area contributed by atoms with Gasteiger partial charge in [-0.25, -0.2) is 0 Å². The summed E-state index contributed by atoms with van der Waals surface area (Å²) in [5.41, 5.74) is 0.709. The smallest absolute Gasteiger partial charge is 0.218 e. The van der Waals surface area contributed by atoms with Crippen molar-refractivity contribution in [3.05, 3.63) is 27.7 Å². The van der Waals surface area contributed by atoms with Crippen molar-refractivity contribution in [1.82, 2.24) is 9.78 Å². The first-order valence-electron chi connectivity index (χ1n) is 7.66. The number of nitriles is 1. The monoisotopic (exact) mass is 269 g/mol. The van der Waals surface area contributed by atoms with E-state index in [0.29, 0.717) is 17.9 Å². The Labute approximate surface area is 118 Å². The Morgan fingerprint density at radius 3 is 2.35 bits per heavy atom. The molecule has 4 nitrogen and oxygen atoms in total. The first kappa shape index (κ1) is 12.1. The number of hydrogen-bond donors (Lipinski definition) is 0. The average Bonchev–Trinajstić information content (AvgIpc) is 2.39. The van der Waals surface area contributed by atoms with E-state index < -0.39 is 0 Å². The third-order valence-corrected chi connectivity index (χ3v) is 5.71. The standard InChI is InChI=1S/C16H19N3O/c1-9-2-15(20)14(8-17)18-19(9)16-12-4-10-3-11(6-12)7-13(16)5-10/h2,10-13,16H,3-7H2,1H3. The molecular formula is C16H19N3O. The van der Waals surface area contributed by atoms with E-state index in [0.717, 1.165) is 17.5 Å². The molecule has 0 radical (unpaired) electrons. The Hall–Kier alpha value is -1.63. The van der Waals surface area contributed by atoms with E-state index in [9.17, 15) is 4.79 Å². The van der Waals surface area contributed by atoms with Gasteiger partial charge in [0.05, 0.1) is 6.04 Å². The van der Waals surface area contributed by atoms with Crippen LogP contribution in [0.4, 0.5) is 0 Å². The van der Waals surface area contributed by atoms with Gasteiger partial charge in [-0.2, -0.15) is 10.4 Å². The molecule has 4 heteroatoms. The van der Waals surface area contributed by atoms with Crippen molar-refractivity contribution >= 4 is 0 Å².